The molecule has 0 fully saturated rings. The predicted octanol–water partition coefficient (Wildman–Crippen LogP) is 3.89. The first kappa shape index (κ1) is 19.8. The summed E-state index contributed by atoms with van der Waals surface area (Å²) in [5.41, 5.74) is 2.90. The molecule has 146 valence electrons. The molecule has 0 bridgehead atoms. The highest BCUT2D eigenvalue weighted by atomic mass is 16.5. The lowest BCUT2D eigenvalue weighted by molar-refractivity contribution is -0.139. The number of nitrogens with zero attached hydrogens (tertiary/aromatic N) is 3. The number of ketones is 1. The van der Waals surface area contributed by atoms with Crippen molar-refractivity contribution >= 4 is 5.78 Å². The number of hydrogen-bond acceptors (Lipinski definition) is 5. The molecule has 3 rings (SSSR count). The van der Waals surface area contributed by atoms with Crippen LogP contribution in [0.5, 0.6) is 5.75 Å². The van der Waals surface area contributed by atoms with E-state index >= 15 is 0 Å². The molecular weight excluding hydrogens is 354 g/mol. The van der Waals surface area contributed by atoms with E-state index in [4.69, 9.17) is 14.6 Å². The van der Waals surface area contributed by atoms with Crippen LogP contribution in [0.2, 0.25) is 0 Å². The van der Waals surface area contributed by atoms with E-state index in [9.17, 15) is 4.79 Å². The molecule has 2 heterocycles. The molecule has 0 saturated heterocycles. The number of rotatable bonds is 8. The van der Waals surface area contributed by atoms with Crippen LogP contribution in [0.15, 0.2) is 54.9 Å². The second-order valence-corrected chi connectivity index (χ2v) is 7.13. The van der Waals surface area contributed by atoms with E-state index in [0.717, 1.165) is 28.3 Å². The summed E-state index contributed by atoms with van der Waals surface area (Å²) in [6, 6.07) is 13.8. The number of methoxy groups -OCH3 is 1. The number of carbonyl (C=O) groups excluding carboxylic acids is 1. The van der Waals surface area contributed by atoms with Crippen LogP contribution >= 0.6 is 0 Å². The second kappa shape index (κ2) is 8.35. The van der Waals surface area contributed by atoms with Crippen molar-refractivity contribution < 1.29 is 14.3 Å². The highest BCUT2D eigenvalue weighted by Crippen LogP contribution is 2.26. The molecule has 0 radical (unpaired) electrons. The number of Topliss-reactive ketones (excluding diaryl/α,β-unsaturated/α-hetero) is 1. The zero-order valence-electron chi connectivity index (χ0n) is 16.7. The van der Waals surface area contributed by atoms with E-state index in [2.05, 4.69) is 4.98 Å². The van der Waals surface area contributed by atoms with Crippen LogP contribution < -0.4 is 4.74 Å². The molecule has 0 N–H and O–H groups in total. The summed E-state index contributed by atoms with van der Waals surface area (Å²) >= 11 is 0. The molecule has 3 aromatic rings. The third kappa shape index (κ3) is 4.64. The van der Waals surface area contributed by atoms with Gasteiger partial charge in [0.15, 0.2) is 5.78 Å². The molecule has 0 aliphatic rings. The third-order valence-corrected chi connectivity index (χ3v) is 4.68. The van der Waals surface area contributed by atoms with Crippen LogP contribution in [-0.2, 0) is 22.7 Å². The summed E-state index contributed by atoms with van der Waals surface area (Å²) in [6.07, 6.45) is 3.57. The van der Waals surface area contributed by atoms with Crippen molar-refractivity contribution in [2.24, 2.45) is 0 Å². The summed E-state index contributed by atoms with van der Waals surface area (Å²) in [5.74, 6) is 0.762. The Morgan fingerprint density at radius 2 is 2.00 bits per heavy atom. The van der Waals surface area contributed by atoms with Crippen molar-refractivity contribution in [2.75, 3.05) is 7.11 Å². The first-order valence-corrected chi connectivity index (χ1v) is 9.14. The van der Waals surface area contributed by atoms with Crippen LogP contribution in [0, 0.1) is 0 Å². The quantitative estimate of drug-likeness (QED) is 0.594. The standard InChI is InChI=1S/C22H25N3O3/c1-16(26)22(2,3)28-15-19-12-21(18-8-5-9-20(11-18)27-4)25(24-19)14-17-7-6-10-23-13-17/h5-13H,14-15H2,1-4H3. The fraction of sp³-hybridized carbons (Fsp3) is 0.318. The second-order valence-electron chi connectivity index (χ2n) is 7.13. The summed E-state index contributed by atoms with van der Waals surface area (Å²) in [6.45, 7) is 5.90. The van der Waals surface area contributed by atoms with E-state index in [1.54, 1.807) is 27.2 Å². The minimum atomic E-state index is -0.844. The largest absolute Gasteiger partial charge is 0.497 e. The molecule has 0 saturated carbocycles. The monoisotopic (exact) mass is 379 g/mol. The Labute approximate surface area is 165 Å². The van der Waals surface area contributed by atoms with Gasteiger partial charge in [0.1, 0.15) is 11.4 Å². The van der Waals surface area contributed by atoms with Gasteiger partial charge in [-0.15, -0.1) is 0 Å². The van der Waals surface area contributed by atoms with E-state index in [-0.39, 0.29) is 12.4 Å². The highest BCUT2D eigenvalue weighted by molar-refractivity contribution is 5.83. The Morgan fingerprint density at radius 3 is 2.68 bits per heavy atom. The zero-order chi connectivity index (χ0) is 20.1. The molecular formula is C22H25N3O3. The van der Waals surface area contributed by atoms with Gasteiger partial charge in [0.25, 0.3) is 0 Å². The Balaban J connectivity index is 1.93. The van der Waals surface area contributed by atoms with Gasteiger partial charge in [0.2, 0.25) is 0 Å². The van der Waals surface area contributed by atoms with E-state index in [1.165, 1.54) is 6.92 Å². The average molecular weight is 379 g/mol. The lowest BCUT2D eigenvalue weighted by Crippen LogP contribution is -2.32. The summed E-state index contributed by atoms with van der Waals surface area (Å²) in [4.78, 5) is 15.9. The van der Waals surface area contributed by atoms with E-state index in [0.29, 0.717) is 6.54 Å². The van der Waals surface area contributed by atoms with E-state index in [1.807, 2.05) is 53.3 Å². The van der Waals surface area contributed by atoms with Crippen LogP contribution in [0.4, 0.5) is 0 Å². The SMILES string of the molecule is COc1cccc(-c2cc(COC(C)(C)C(C)=O)nn2Cc2cccnc2)c1. The normalized spacial score (nSPS) is 11.4. The van der Waals surface area contributed by atoms with Crippen LogP contribution in [0.3, 0.4) is 0 Å². The molecule has 0 aliphatic carbocycles. The first-order valence-electron chi connectivity index (χ1n) is 9.14. The molecule has 0 amide bonds. The van der Waals surface area contributed by atoms with Crippen molar-refractivity contribution in [3.63, 3.8) is 0 Å². The van der Waals surface area contributed by atoms with Gasteiger partial charge in [-0.25, -0.2) is 0 Å². The van der Waals surface area contributed by atoms with Crippen molar-refractivity contribution in [3.8, 4) is 17.0 Å². The number of benzene rings is 1. The third-order valence-electron chi connectivity index (χ3n) is 4.68. The van der Waals surface area contributed by atoms with Gasteiger partial charge < -0.3 is 9.47 Å². The molecule has 28 heavy (non-hydrogen) atoms. The van der Waals surface area contributed by atoms with Crippen molar-refractivity contribution in [2.45, 2.75) is 39.5 Å². The molecule has 6 nitrogen and oxygen atoms in total. The number of ether oxygens (including phenoxy) is 2. The minimum absolute atomic E-state index is 0.0182. The van der Waals surface area contributed by atoms with Crippen LogP contribution in [0.25, 0.3) is 11.3 Å². The lowest BCUT2D eigenvalue weighted by Gasteiger charge is -2.21. The molecule has 6 heteroatoms. The number of pyridine rings is 1. The van der Waals surface area contributed by atoms with Crippen LogP contribution in [-0.4, -0.2) is 33.3 Å². The van der Waals surface area contributed by atoms with Crippen molar-refractivity contribution in [1.29, 1.82) is 0 Å². The maximum atomic E-state index is 11.7. The number of aromatic nitrogens is 3. The molecule has 1 aromatic carbocycles. The molecule has 0 aliphatic heterocycles. The van der Waals surface area contributed by atoms with Crippen LogP contribution in [0.1, 0.15) is 32.0 Å². The summed E-state index contributed by atoms with van der Waals surface area (Å²) < 4.78 is 13.1. The van der Waals surface area contributed by atoms with Gasteiger partial charge >= 0.3 is 0 Å². The molecule has 0 unspecified atom stereocenters. The van der Waals surface area contributed by atoms with Crippen molar-refractivity contribution in [3.05, 3.63) is 66.1 Å². The average Bonchev–Trinajstić information content (AvgIpc) is 3.10. The van der Waals surface area contributed by atoms with Crippen molar-refractivity contribution in [1.82, 2.24) is 14.8 Å². The van der Waals surface area contributed by atoms with Gasteiger partial charge in [-0.2, -0.15) is 5.10 Å². The van der Waals surface area contributed by atoms with Gasteiger partial charge in [0, 0.05) is 18.0 Å². The fourth-order valence-electron chi connectivity index (χ4n) is 2.70. The summed E-state index contributed by atoms with van der Waals surface area (Å²) in [5, 5.41) is 4.71. The Kier molecular flexibility index (Phi) is 5.90. The Bertz CT molecular complexity index is 949. The lowest BCUT2D eigenvalue weighted by atomic mass is 10.1. The number of carbonyl (C=O) groups is 1. The highest BCUT2D eigenvalue weighted by Gasteiger charge is 2.25. The van der Waals surface area contributed by atoms with Gasteiger partial charge in [-0.05, 0) is 50.6 Å². The summed E-state index contributed by atoms with van der Waals surface area (Å²) in [7, 11) is 1.65. The maximum absolute atomic E-state index is 11.7. The Morgan fingerprint density at radius 1 is 1.18 bits per heavy atom. The van der Waals surface area contributed by atoms with Gasteiger partial charge in [-0.1, -0.05) is 18.2 Å². The molecule has 2 aromatic heterocycles. The zero-order valence-corrected chi connectivity index (χ0v) is 16.7. The topological polar surface area (TPSA) is 66.2 Å². The predicted molar refractivity (Wildman–Crippen MR) is 107 cm³/mol. The van der Waals surface area contributed by atoms with E-state index < -0.39 is 5.60 Å². The molecule has 0 spiro atoms. The smallest absolute Gasteiger partial charge is 0.161 e. The Hall–Kier alpha value is -2.99. The minimum Gasteiger partial charge on any atom is -0.497 e. The van der Waals surface area contributed by atoms with Gasteiger partial charge in [-0.3, -0.25) is 14.5 Å². The fourth-order valence-corrected chi connectivity index (χ4v) is 2.70. The molecule has 0 atom stereocenters. The maximum Gasteiger partial charge on any atom is 0.161 e. The number of hydrogen-bond donors (Lipinski definition) is 0. The first-order chi connectivity index (χ1) is 13.4. The van der Waals surface area contributed by atoms with Gasteiger partial charge in [0.05, 0.1) is 31.6 Å².